The first-order chi connectivity index (χ1) is 6.97. The van der Waals surface area contributed by atoms with Gasteiger partial charge in [-0.1, -0.05) is 29.8 Å². The molecular weight excluding hydrogens is 186 g/mol. The van der Waals surface area contributed by atoms with Crippen LogP contribution < -0.4 is 5.73 Å². The van der Waals surface area contributed by atoms with Crippen LogP contribution in [-0.4, -0.2) is 12.2 Å². The lowest BCUT2D eigenvalue weighted by atomic mass is 9.92. The lowest BCUT2D eigenvalue weighted by molar-refractivity contribution is -0.0298. The van der Waals surface area contributed by atoms with E-state index in [9.17, 15) is 0 Å². The van der Waals surface area contributed by atoms with Crippen molar-refractivity contribution < 1.29 is 4.74 Å². The van der Waals surface area contributed by atoms with Gasteiger partial charge in [-0.15, -0.1) is 0 Å². The quantitative estimate of drug-likeness (QED) is 0.824. The monoisotopic (exact) mass is 207 g/mol. The van der Waals surface area contributed by atoms with Gasteiger partial charge < -0.3 is 10.5 Å². The fourth-order valence-corrected chi connectivity index (χ4v) is 1.64. The minimum Gasteiger partial charge on any atom is -0.374 e. The van der Waals surface area contributed by atoms with Crippen LogP contribution in [0.1, 0.15) is 37.9 Å². The Kier molecular flexibility index (Phi) is 3.89. The highest BCUT2D eigenvalue weighted by Crippen LogP contribution is 2.26. The van der Waals surface area contributed by atoms with Crippen molar-refractivity contribution in [1.82, 2.24) is 0 Å². The first-order valence-electron chi connectivity index (χ1n) is 5.43. The van der Waals surface area contributed by atoms with Crippen LogP contribution in [0.15, 0.2) is 24.3 Å². The van der Waals surface area contributed by atoms with Gasteiger partial charge in [0, 0.05) is 6.61 Å². The van der Waals surface area contributed by atoms with Crippen molar-refractivity contribution in [3.8, 4) is 0 Å². The molecule has 0 saturated carbocycles. The van der Waals surface area contributed by atoms with Crippen molar-refractivity contribution in [2.24, 2.45) is 5.73 Å². The van der Waals surface area contributed by atoms with E-state index in [1.807, 2.05) is 20.8 Å². The van der Waals surface area contributed by atoms with Gasteiger partial charge >= 0.3 is 0 Å². The summed E-state index contributed by atoms with van der Waals surface area (Å²) < 4.78 is 5.65. The lowest BCUT2D eigenvalue weighted by Crippen LogP contribution is -2.38. The normalized spacial score (nSPS) is 13.9. The molecule has 0 bridgehead atoms. The maximum Gasteiger partial charge on any atom is 0.0818 e. The van der Waals surface area contributed by atoms with Crippen LogP contribution in [-0.2, 0) is 4.74 Å². The Morgan fingerprint density at radius 3 is 2.27 bits per heavy atom. The van der Waals surface area contributed by atoms with E-state index in [1.165, 1.54) is 5.56 Å². The number of hydrogen-bond donors (Lipinski definition) is 1. The van der Waals surface area contributed by atoms with Crippen molar-refractivity contribution in [3.05, 3.63) is 35.4 Å². The van der Waals surface area contributed by atoms with Crippen LogP contribution in [0.25, 0.3) is 0 Å². The van der Waals surface area contributed by atoms with Gasteiger partial charge in [0.25, 0.3) is 0 Å². The van der Waals surface area contributed by atoms with E-state index in [0.29, 0.717) is 6.61 Å². The smallest absolute Gasteiger partial charge is 0.0818 e. The molecule has 0 heterocycles. The molecule has 0 aliphatic carbocycles. The zero-order chi connectivity index (χ0) is 11.5. The summed E-state index contributed by atoms with van der Waals surface area (Å²) in [6.07, 6.45) is 0. The van der Waals surface area contributed by atoms with Gasteiger partial charge in [0.05, 0.1) is 11.6 Å². The summed E-state index contributed by atoms with van der Waals surface area (Å²) in [5, 5.41) is 0. The number of aryl methyl sites for hydroxylation is 1. The van der Waals surface area contributed by atoms with Crippen molar-refractivity contribution in [3.63, 3.8) is 0 Å². The molecule has 0 spiro atoms. The van der Waals surface area contributed by atoms with Gasteiger partial charge in [-0.25, -0.2) is 0 Å². The summed E-state index contributed by atoms with van der Waals surface area (Å²) in [7, 11) is 0. The minimum absolute atomic E-state index is 0.0851. The zero-order valence-corrected chi connectivity index (χ0v) is 10.1. The SMILES string of the molecule is CCOC(C)(C)C(N)c1ccc(C)cc1. The number of benzene rings is 1. The molecule has 0 aliphatic rings. The molecule has 0 aliphatic heterocycles. The zero-order valence-electron chi connectivity index (χ0n) is 10.1. The van der Waals surface area contributed by atoms with E-state index in [-0.39, 0.29) is 11.6 Å². The summed E-state index contributed by atoms with van der Waals surface area (Å²) >= 11 is 0. The standard InChI is InChI=1S/C13H21NO/c1-5-15-13(3,4)12(14)11-8-6-10(2)7-9-11/h6-9,12H,5,14H2,1-4H3. The molecule has 2 heteroatoms. The van der Waals surface area contributed by atoms with Crippen LogP contribution in [0.5, 0.6) is 0 Å². The second kappa shape index (κ2) is 4.77. The molecule has 1 aromatic carbocycles. The molecule has 1 aromatic rings. The maximum atomic E-state index is 6.18. The molecule has 0 saturated heterocycles. The predicted octanol–water partition coefficient (Wildman–Crippen LogP) is 2.81. The van der Waals surface area contributed by atoms with E-state index in [2.05, 4.69) is 31.2 Å². The van der Waals surface area contributed by atoms with Crippen molar-refractivity contribution >= 4 is 0 Å². The fraction of sp³-hybridized carbons (Fsp3) is 0.538. The third-order valence-corrected chi connectivity index (χ3v) is 2.70. The van der Waals surface area contributed by atoms with E-state index < -0.39 is 0 Å². The average Bonchev–Trinajstić information content (AvgIpc) is 2.18. The summed E-state index contributed by atoms with van der Waals surface area (Å²) in [5.74, 6) is 0. The first-order valence-corrected chi connectivity index (χ1v) is 5.43. The Morgan fingerprint density at radius 1 is 1.27 bits per heavy atom. The topological polar surface area (TPSA) is 35.2 Å². The van der Waals surface area contributed by atoms with E-state index >= 15 is 0 Å². The Bertz CT molecular complexity index is 303. The Hall–Kier alpha value is -0.860. The number of rotatable bonds is 4. The Labute approximate surface area is 92.4 Å². The Morgan fingerprint density at radius 2 is 1.80 bits per heavy atom. The summed E-state index contributed by atoms with van der Waals surface area (Å²) in [6, 6.07) is 8.22. The second-order valence-corrected chi connectivity index (χ2v) is 4.42. The summed E-state index contributed by atoms with van der Waals surface area (Å²) in [4.78, 5) is 0. The summed E-state index contributed by atoms with van der Waals surface area (Å²) in [6.45, 7) is 8.81. The van der Waals surface area contributed by atoms with Gasteiger partial charge in [-0.05, 0) is 33.3 Å². The lowest BCUT2D eigenvalue weighted by Gasteiger charge is -2.31. The van der Waals surface area contributed by atoms with Gasteiger partial charge in [-0.2, -0.15) is 0 Å². The van der Waals surface area contributed by atoms with Gasteiger partial charge in [0.1, 0.15) is 0 Å². The predicted molar refractivity (Wildman–Crippen MR) is 63.8 cm³/mol. The van der Waals surface area contributed by atoms with Crippen LogP contribution in [0, 0.1) is 6.92 Å². The van der Waals surface area contributed by atoms with Crippen LogP contribution in [0.3, 0.4) is 0 Å². The van der Waals surface area contributed by atoms with E-state index in [1.54, 1.807) is 0 Å². The molecule has 0 fully saturated rings. The third kappa shape index (κ3) is 3.05. The second-order valence-electron chi connectivity index (χ2n) is 4.42. The molecule has 0 radical (unpaired) electrons. The molecule has 1 rings (SSSR count). The van der Waals surface area contributed by atoms with Crippen LogP contribution in [0.4, 0.5) is 0 Å². The largest absolute Gasteiger partial charge is 0.374 e. The maximum absolute atomic E-state index is 6.18. The highest BCUT2D eigenvalue weighted by molar-refractivity contribution is 5.25. The first kappa shape index (κ1) is 12.2. The van der Waals surface area contributed by atoms with Gasteiger partial charge in [0.15, 0.2) is 0 Å². The molecular formula is C13H21NO. The third-order valence-electron chi connectivity index (χ3n) is 2.70. The molecule has 0 aromatic heterocycles. The molecule has 1 atom stereocenters. The molecule has 2 nitrogen and oxygen atoms in total. The van der Waals surface area contributed by atoms with E-state index in [0.717, 1.165) is 5.56 Å². The van der Waals surface area contributed by atoms with Gasteiger partial charge in [-0.3, -0.25) is 0 Å². The van der Waals surface area contributed by atoms with Crippen LogP contribution >= 0.6 is 0 Å². The van der Waals surface area contributed by atoms with Crippen molar-refractivity contribution in [1.29, 1.82) is 0 Å². The Balaban J connectivity index is 2.84. The van der Waals surface area contributed by atoms with E-state index in [4.69, 9.17) is 10.5 Å². The van der Waals surface area contributed by atoms with Crippen molar-refractivity contribution in [2.45, 2.75) is 39.3 Å². The summed E-state index contributed by atoms with van der Waals surface area (Å²) in [5.41, 5.74) is 8.24. The molecule has 1 unspecified atom stereocenters. The molecule has 84 valence electrons. The van der Waals surface area contributed by atoms with Crippen LogP contribution in [0.2, 0.25) is 0 Å². The average molecular weight is 207 g/mol. The van der Waals surface area contributed by atoms with Gasteiger partial charge in [0.2, 0.25) is 0 Å². The highest BCUT2D eigenvalue weighted by Gasteiger charge is 2.27. The number of ether oxygens (including phenoxy) is 1. The molecule has 2 N–H and O–H groups in total. The van der Waals surface area contributed by atoms with Crippen molar-refractivity contribution in [2.75, 3.05) is 6.61 Å². The fourth-order valence-electron chi connectivity index (χ4n) is 1.64. The highest BCUT2D eigenvalue weighted by atomic mass is 16.5. The number of nitrogens with two attached hydrogens (primary N) is 1. The number of hydrogen-bond acceptors (Lipinski definition) is 2. The molecule has 0 amide bonds. The minimum atomic E-state index is -0.315. The molecule has 15 heavy (non-hydrogen) atoms.